The van der Waals surface area contributed by atoms with Crippen LogP contribution in [0.2, 0.25) is 0 Å². The molecule has 1 aromatic rings. The number of ether oxygens (including phenoxy) is 2. The van der Waals surface area contributed by atoms with E-state index in [2.05, 4.69) is 6.58 Å². The Morgan fingerprint density at radius 3 is 2.50 bits per heavy atom. The van der Waals surface area contributed by atoms with Crippen LogP contribution >= 0.6 is 0 Å². The van der Waals surface area contributed by atoms with Crippen molar-refractivity contribution in [2.75, 3.05) is 20.8 Å². The van der Waals surface area contributed by atoms with E-state index in [0.29, 0.717) is 0 Å². The van der Waals surface area contributed by atoms with Gasteiger partial charge in [-0.1, -0.05) is 43.0 Å². The van der Waals surface area contributed by atoms with Gasteiger partial charge in [0.15, 0.2) is 0 Å². The lowest BCUT2D eigenvalue weighted by molar-refractivity contribution is -0.0283. The summed E-state index contributed by atoms with van der Waals surface area (Å²) in [4.78, 5) is 0. The molecule has 1 N–H and O–H groups in total. The van der Waals surface area contributed by atoms with Crippen molar-refractivity contribution in [1.82, 2.24) is 0 Å². The Balaban J connectivity index is 2.51. The minimum atomic E-state index is -0.714. The predicted molar refractivity (Wildman–Crippen MR) is 80.0 cm³/mol. The fourth-order valence-corrected chi connectivity index (χ4v) is 2.55. The van der Waals surface area contributed by atoms with E-state index in [9.17, 15) is 5.11 Å². The zero-order valence-electron chi connectivity index (χ0n) is 11.9. The van der Waals surface area contributed by atoms with Crippen LogP contribution in [0.4, 0.5) is 0 Å². The second-order valence-electron chi connectivity index (χ2n) is 4.72. The van der Waals surface area contributed by atoms with E-state index in [4.69, 9.17) is 9.47 Å². The molecule has 0 aliphatic heterocycles. The van der Waals surface area contributed by atoms with Crippen LogP contribution in [0.25, 0.3) is 6.08 Å². The maximum Gasteiger partial charge on any atom is 0.123 e. The minimum Gasteiger partial charge on any atom is -0.497 e. The Morgan fingerprint density at radius 1 is 1.30 bits per heavy atom. The average Bonchev–Trinajstić information content (AvgIpc) is 2.54. The van der Waals surface area contributed by atoms with Crippen LogP contribution in [-0.4, -0.2) is 25.9 Å². The molecule has 0 heterocycles. The number of aliphatic hydroxyl groups is 1. The van der Waals surface area contributed by atoms with E-state index in [1.165, 1.54) is 0 Å². The molecular formula is C17H20O3. The lowest BCUT2D eigenvalue weighted by atomic mass is 9.78. The highest BCUT2D eigenvalue weighted by Crippen LogP contribution is 2.39. The summed E-state index contributed by atoms with van der Waals surface area (Å²) in [6.07, 6.45) is 7.49. The van der Waals surface area contributed by atoms with Crippen LogP contribution < -0.4 is 0 Å². The molecule has 106 valence electrons. The number of hydrogen-bond acceptors (Lipinski definition) is 3. The van der Waals surface area contributed by atoms with Crippen molar-refractivity contribution in [2.24, 2.45) is 5.92 Å². The van der Waals surface area contributed by atoms with E-state index in [1.54, 1.807) is 20.3 Å². The molecule has 0 fully saturated rings. The molecule has 2 unspecified atom stereocenters. The summed E-state index contributed by atoms with van der Waals surface area (Å²) in [6.45, 7) is 3.75. The third-order valence-corrected chi connectivity index (χ3v) is 3.77. The number of allylic oxidation sites excluding steroid dienone is 1. The molecule has 0 aromatic heterocycles. The fourth-order valence-electron chi connectivity index (χ4n) is 2.55. The molecule has 1 aliphatic rings. The number of methoxy groups -OCH3 is 2. The van der Waals surface area contributed by atoms with Gasteiger partial charge in [0.1, 0.15) is 11.4 Å². The van der Waals surface area contributed by atoms with E-state index in [-0.39, 0.29) is 12.5 Å². The van der Waals surface area contributed by atoms with Crippen LogP contribution in [0.5, 0.6) is 0 Å². The molecule has 3 heteroatoms. The molecule has 0 bridgehead atoms. The first-order chi connectivity index (χ1) is 9.70. The smallest absolute Gasteiger partial charge is 0.123 e. The summed E-state index contributed by atoms with van der Waals surface area (Å²) in [5.74, 6) is 0.574. The van der Waals surface area contributed by atoms with Crippen molar-refractivity contribution in [3.8, 4) is 0 Å². The van der Waals surface area contributed by atoms with Gasteiger partial charge in [-0.3, -0.25) is 0 Å². The van der Waals surface area contributed by atoms with Crippen LogP contribution in [-0.2, 0) is 15.1 Å². The van der Waals surface area contributed by atoms with Gasteiger partial charge in [0, 0.05) is 13.0 Å². The molecule has 0 amide bonds. The van der Waals surface area contributed by atoms with Gasteiger partial charge in [-0.25, -0.2) is 0 Å². The summed E-state index contributed by atoms with van der Waals surface area (Å²) in [5.41, 5.74) is 1.31. The van der Waals surface area contributed by atoms with Gasteiger partial charge in [0.25, 0.3) is 0 Å². The monoisotopic (exact) mass is 272 g/mol. The topological polar surface area (TPSA) is 38.7 Å². The van der Waals surface area contributed by atoms with E-state index in [1.807, 2.05) is 42.5 Å². The zero-order valence-corrected chi connectivity index (χ0v) is 11.9. The molecule has 2 rings (SSSR count). The summed E-state index contributed by atoms with van der Waals surface area (Å²) in [6, 6.07) is 7.95. The second-order valence-corrected chi connectivity index (χ2v) is 4.72. The molecule has 1 aromatic carbocycles. The maximum absolute atomic E-state index is 9.66. The molecule has 0 spiro atoms. The highest BCUT2D eigenvalue weighted by atomic mass is 16.5. The number of rotatable bonds is 5. The largest absolute Gasteiger partial charge is 0.497 e. The molecule has 1 aliphatic carbocycles. The van der Waals surface area contributed by atoms with Crippen LogP contribution in [0.1, 0.15) is 11.1 Å². The van der Waals surface area contributed by atoms with Gasteiger partial charge < -0.3 is 14.6 Å². The van der Waals surface area contributed by atoms with Crippen molar-refractivity contribution in [1.29, 1.82) is 0 Å². The predicted octanol–water partition coefficient (Wildman–Crippen LogP) is 2.88. The van der Waals surface area contributed by atoms with Crippen molar-refractivity contribution in [3.05, 3.63) is 66.0 Å². The quantitative estimate of drug-likeness (QED) is 0.895. The molecule has 2 atom stereocenters. The summed E-state index contributed by atoms with van der Waals surface area (Å²) in [7, 11) is 3.27. The van der Waals surface area contributed by atoms with Crippen molar-refractivity contribution in [3.63, 3.8) is 0 Å². The lowest BCUT2D eigenvalue weighted by Crippen LogP contribution is -2.38. The van der Waals surface area contributed by atoms with E-state index in [0.717, 1.165) is 16.9 Å². The highest BCUT2D eigenvalue weighted by molar-refractivity contribution is 5.49. The summed E-state index contributed by atoms with van der Waals surface area (Å²) in [5, 5.41) is 9.66. The SMILES string of the molecule is C=Cc1ccc(C2(OC)C=C(OC)C=CC2CO)cc1. The number of aliphatic hydroxyl groups excluding tert-OH is 1. The molecule has 0 saturated carbocycles. The van der Waals surface area contributed by atoms with Crippen molar-refractivity contribution in [2.45, 2.75) is 5.60 Å². The first-order valence-corrected chi connectivity index (χ1v) is 6.54. The lowest BCUT2D eigenvalue weighted by Gasteiger charge is -2.37. The van der Waals surface area contributed by atoms with Gasteiger partial charge in [0.05, 0.1) is 13.7 Å². The summed E-state index contributed by atoms with van der Waals surface area (Å²) >= 11 is 0. The third-order valence-electron chi connectivity index (χ3n) is 3.77. The maximum atomic E-state index is 9.66. The van der Waals surface area contributed by atoms with Gasteiger partial charge in [0.2, 0.25) is 0 Å². The Hall–Kier alpha value is -1.84. The molecule has 0 saturated heterocycles. The molecule has 20 heavy (non-hydrogen) atoms. The van der Waals surface area contributed by atoms with E-state index < -0.39 is 5.60 Å². The average molecular weight is 272 g/mol. The second kappa shape index (κ2) is 6.07. The Morgan fingerprint density at radius 2 is 2.00 bits per heavy atom. The zero-order chi connectivity index (χ0) is 14.6. The van der Waals surface area contributed by atoms with Gasteiger partial charge in [-0.2, -0.15) is 0 Å². The van der Waals surface area contributed by atoms with Gasteiger partial charge >= 0.3 is 0 Å². The van der Waals surface area contributed by atoms with Gasteiger partial charge in [-0.05, 0) is 23.3 Å². The first kappa shape index (κ1) is 14.6. The van der Waals surface area contributed by atoms with Crippen molar-refractivity contribution < 1.29 is 14.6 Å². The van der Waals surface area contributed by atoms with Crippen LogP contribution in [0.3, 0.4) is 0 Å². The van der Waals surface area contributed by atoms with Crippen LogP contribution in [0.15, 0.2) is 54.8 Å². The highest BCUT2D eigenvalue weighted by Gasteiger charge is 2.39. The van der Waals surface area contributed by atoms with Crippen molar-refractivity contribution >= 4 is 6.08 Å². The number of hydrogen-bond donors (Lipinski definition) is 1. The van der Waals surface area contributed by atoms with E-state index >= 15 is 0 Å². The van der Waals surface area contributed by atoms with Crippen LogP contribution in [0, 0.1) is 5.92 Å². The first-order valence-electron chi connectivity index (χ1n) is 6.54. The molecular weight excluding hydrogens is 252 g/mol. The number of benzene rings is 1. The Labute approximate surface area is 119 Å². The normalized spacial score (nSPS) is 25.1. The fraction of sp³-hybridized carbons (Fsp3) is 0.294. The minimum absolute atomic E-state index is 0.00104. The Kier molecular flexibility index (Phi) is 4.42. The summed E-state index contributed by atoms with van der Waals surface area (Å²) < 4.78 is 11.1. The molecule has 0 radical (unpaired) electrons. The Bertz CT molecular complexity index is 528. The molecule has 3 nitrogen and oxygen atoms in total. The standard InChI is InChI=1S/C17H20O3/c1-4-13-5-7-14(8-6-13)17(20-3)11-16(19-2)10-9-15(17)12-18/h4-11,15,18H,1,12H2,2-3H3. The third kappa shape index (κ3) is 2.42. The van der Waals surface area contributed by atoms with Gasteiger partial charge in [-0.15, -0.1) is 0 Å².